The summed E-state index contributed by atoms with van der Waals surface area (Å²) >= 11 is 0. The second-order valence-electron chi connectivity index (χ2n) is 5.86. The number of rotatable bonds is 6. The monoisotopic (exact) mass is 362 g/mol. The van der Waals surface area contributed by atoms with Gasteiger partial charge in [-0.15, -0.1) is 0 Å². The molecule has 1 aliphatic carbocycles. The summed E-state index contributed by atoms with van der Waals surface area (Å²) in [6, 6.07) is 2.98. The molecular formula is C15H20F2N2O4S. The van der Waals surface area contributed by atoms with Crippen LogP contribution in [-0.4, -0.2) is 39.3 Å². The second kappa shape index (κ2) is 7.89. The van der Waals surface area contributed by atoms with Crippen molar-refractivity contribution >= 4 is 15.9 Å². The first-order chi connectivity index (χ1) is 11.2. The van der Waals surface area contributed by atoms with Gasteiger partial charge in [-0.2, -0.15) is 0 Å². The van der Waals surface area contributed by atoms with Gasteiger partial charge >= 0.3 is 0 Å². The van der Waals surface area contributed by atoms with Crippen LogP contribution in [0.2, 0.25) is 0 Å². The van der Waals surface area contributed by atoms with Gasteiger partial charge in [0.15, 0.2) is 0 Å². The van der Waals surface area contributed by atoms with Gasteiger partial charge < -0.3 is 10.1 Å². The fraction of sp³-hybridized carbons (Fsp3) is 0.533. The van der Waals surface area contributed by atoms with Crippen molar-refractivity contribution in [3.63, 3.8) is 0 Å². The Morgan fingerprint density at radius 3 is 2.29 bits per heavy atom. The van der Waals surface area contributed by atoms with Gasteiger partial charge in [0.05, 0.1) is 18.9 Å². The molecule has 0 aliphatic heterocycles. The molecule has 0 radical (unpaired) electrons. The van der Waals surface area contributed by atoms with Crippen LogP contribution in [0.15, 0.2) is 18.2 Å². The molecular weight excluding hydrogens is 342 g/mol. The van der Waals surface area contributed by atoms with Crippen LogP contribution in [0.3, 0.4) is 0 Å². The largest absolute Gasteiger partial charge is 0.490 e. The number of hydrogen-bond acceptors (Lipinski definition) is 4. The lowest BCUT2D eigenvalue weighted by atomic mass is 9.93. The van der Waals surface area contributed by atoms with Gasteiger partial charge in [-0.3, -0.25) is 4.79 Å². The van der Waals surface area contributed by atoms with Gasteiger partial charge in [-0.05, 0) is 25.7 Å². The Labute approximate surface area is 139 Å². The lowest BCUT2D eigenvalue weighted by Crippen LogP contribution is -2.44. The summed E-state index contributed by atoms with van der Waals surface area (Å²) in [6.45, 7) is -0.294. The topological polar surface area (TPSA) is 84.5 Å². The number of halogens is 2. The predicted octanol–water partition coefficient (Wildman–Crippen LogP) is 1.32. The molecule has 0 bridgehead atoms. The van der Waals surface area contributed by atoms with E-state index in [1.165, 1.54) is 0 Å². The van der Waals surface area contributed by atoms with E-state index in [0.29, 0.717) is 25.7 Å². The molecule has 0 atom stereocenters. The zero-order valence-corrected chi connectivity index (χ0v) is 14.0. The number of benzene rings is 1. The number of hydrogen-bond donors (Lipinski definition) is 2. The number of ether oxygens (including phenoxy) is 1. The predicted molar refractivity (Wildman–Crippen MR) is 84.0 cm³/mol. The summed E-state index contributed by atoms with van der Waals surface area (Å²) in [5.41, 5.74) is 0. The Balaban J connectivity index is 1.76. The van der Waals surface area contributed by atoms with E-state index in [1.807, 2.05) is 0 Å². The Morgan fingerprint density at radius 2 is 1.75 bits per heavy atom. The fourth-order valence-electron chi connectivity index (χ4n) is 2.59. The normalized spacial score (nSPS) is 21.3. The van der Waals surface area contributed by atoms with E-state index in [9.17, 15) is 22.0 Å². The van der Waals surface area contributed by atoms with Crippen molar-refractivity contribution < 1.29 is 26.7 Å². The molecule has 24 heavy (non-hydrogen) atoms. The zero-order chi connectivity index (χ0) is 17.7. The first-order valence-corrected chi connectivity index (χ1v) is 9.47. The zero-order valence-electron chi connectivity index (χ0n) is 13.2. The van der Waals surface area contributed by atoms with E-state index < -0.39 is 27.6 Å². The van der Waals surface area contributed by atoms with Crippen LogP contribution >= 0.6 is 0 Å². The van der Waals surface area contributed by atoms with Crippen LogP contribution in [0.5, 0.6) is 5.75 Å². The first kappa shape index (κ1) is 18.6. The molecule has 0 heterocycles. The minimum Gasteiger partial charge on any atom is -0.490 e. The van der Waals surface area contributed by atoms with Gasteiger partial charge in [0.25, 0.3) is 0 Å². The molecule has 1 amide bonds. The lowest BCUT2D eigenvalue weighted by Gasteiger charge is -2.29. The lowest BCUT2D eigenvalue weighted by molar-refractivity contribution is -0.121. The molecule has 0 unspecified atom stereocenters. The van der Waals surface area contributed by atoms with Crippen LogP contribution < -0.4 is 14.8 Å². The van der Waals surface area contributed by atoms with Crippen molar-refractivity contribution in [1.82, 2.24) is 10.0 Å². The molecule has 1 fully saturated rings. The van der Waals surface area contributed by atoms with Gasteiger partial charge in [0, 0.05) is 24.2 Å². The molecule has 1 aromatic rings. The van der Waals surface area contributed by atoms with Crippen LogP contribution in [0.25, 0.3) is 0 Å². The summed E-state index contributed by atoms with van der Waals surface area (Å²) in [4.78, 5) is 11.7. The molecule has 6 nitrogen and oxygen atoms in total. The second-order valence-corrected chi connectivity index (χ2v) is 7.69. The number of nitrogens with one attached hydrogen (secondary N) is 2. The number of carbonyl (C=O) groups is 1. The van der Waals surface area contributed by atoms with Crippen LogP contribution in [0.4, 0.5) is 8.78 Å². The molecule has 2 N–H and O–H groups in total. The Bertz CT molecular complexity index is 668. The number of amides is 1. The molecule has 0 saturated heterocycles. The van der Waals surface area contributed by atoms with E-state index in [4.69, 9.17) is 4.74 Å². The van der Waals surface area contributed by atoms with E-state index in [0.717, 1.165) is 24.5 Å². The maximum absolute atomic E-state index is 13.1. The third-order valence-corrected chi connectivity index (χ3v) is 4.34. The van der Waals surface area contributed by atoms with E-state index in [-0.39, 0.29) is 24.4 Å². The summed E-state index contributed by atoms with van der Waals surface area (Å²) in [7, 11) is -3.40. The summed E-state index contributed by atoms with van der Waals surface area (Å²) in [6.07, 6.45) is 3.36. The van der Waals surface area contributed by atoms with Crippen molar-refractivity contribution in [3.8, 4) is 5.75 Å². The molecule has 9 heteroatoms. The third kappa shape index (κ3) is 6.40. The maximum atomic E-state index is 13.1. The molecule has 134 valence electrons. The van der Waals surface area contributed by atoms with Gasteiger partial charge in [0.1, 0.15) is 17.4 Å². The Kier molecular flexibility index (Phi) is 6.11. The van der Waals surface area contributed by atoms with Crippen LogP contribution in [0.1, 0.15) is 25.7 Å². The van der Waals surface area contributed by atoms with E-state index >= 15 is 0 Å². The summed E-state index contributed by atoms with van der Waals surface area (Å²) in [5.74, 6) is -1.62. The highest BCUT2D eigenvalue weighted by Gasteiger charge is 2.24. The van der Waals surface area contributed by atoms with Crippen molar-refractivity contribution in [2.75, 3.05) is 12.8 Å². The average Bonchev–Trinajstić information content (AvgIpc) is 2.45. The van der Waals surface area contributed by atoms with Crippen LogP contribution in [0, 0.1) is 11.6 Å². The van der Waals surface area contributed by atoms with E-state index in [1.54, 1.807) is 0 Å². The van der Waals surface area contributed by atoms with Crippen molar-refractivity contribution in [1.29, 1.82) is 0 Å². The molecule has 0 aromatic heterocycles. The summed E-state index contributed by atoms with van der Waals surface area (Å²) in [5, 5.41) is 2.75. The number of sulfonamides is 1. The minimum absolute atomic E-state index is 0.0667. The Morgan fingerprint density at radius 1 is 1.17 bits per heavy atom. The summed E-state index contributed by atoms with van der Waals surface area (Å²) < 4.78 is 55.8. The van der Waals surface area contributed by atoms with Crippen LogP contribution in [-0.2, 0) is 14.8 Å². The quantitative estimate of drug-likeness (QED) is 0.799. The van der Waals surface area contributed by atoms with Gasteiger partial charge in [0.2, 0.25) is 15.9 Å². The highest BCUT2D eigenvalue weighted by Crippen LogP contribution is 2.25. The fourth-order valence-corrected chi connectivity index (χ4v) is 2.98. The molecule has 2 rings (SSSR count). The molecule has 1 saturated carbocycles. The Hall–Kier alpha value is -1.74. The van der Waals surface area contributed by atoms with Crippen molar-refractivity contribution in [2.24, 2.45) is 0 Å². The minimum atomic E-state index is -3.40. The van der Waals surface area contributed by atoms with Crippen molar-refractivity contribution in [2.45, 2.75) is 37.8 Å². The first-order valence-electron chi connectivity index (χ1n) is 7.58. The highest BCUT2D eigenvalue weighted by atomic mass is 32.2. The average molecular weight is 362 g/mol. The van der Waals surface area contributed by atoms with Crippen molar-refractivity contribution in [3.05, 3.63) is 29.8 Å². The SMILES string of the molecule is CS(=O)(=O)NCC(=O)NC1CCC(Oc2cc(F)cc(F)c2)CC1. The maximum Gasteiger partial charge on any atom is 0.235 e. The van der Waals surface area contributed by atoms with Gasteiger partial charge in [-0.1, -0.05) is 0 Å². The molecule has 1 aromatic carbocycles. The molecule has 0 spiro atoms. The molecule has 1 aliphatic rings. The van der Waals surface area contributed by atoms with Gasteiger partial charge in [-0.25, -0.2) is 21.9 Å². The number of carbonyl (C=O) groups excluding carboxylic acids is 1. The smallest absolute Gasteiger partial charge is 0.235 e. The highest BCUT2D eigenvalue weighted by molar-refractivity contribution is 7.88. The third-order valence-electron chi connectivity index (χ3n) is 3.67. The van der Waals surface area contributed by atoms with E-state index in [2.05, 4.69) is 10.0 Å². The standard InChI is InChI=1S/C15H20F2N2O4S/c1-24(21,22)18-9-15(20)19-12-2-4-13(5-3-12)23-14-7-10(16)6-11(17)8-14/h6-8,12-13,18H,2-5,9H2,1H3,(H,19,20).